The number of nitrogens with one attached hydrogen (secondary N) is 1. The summed E-state index contributed by atoms with van der Waals surface area (Å²) in [6, 6.07) is 0. The minimum Gasteiger partial charge on any atom is -0.310 e. The topological polar surface area (TPSA) is 28.2 Å². The highest BCUT2D eigenvalue weighted by Gasteiger charge is 2.27. The van der Waals surface area contributed by atoms with E-state index in [1.807, 2.05) is 0 Å². The molecule has 4 heteroatoms. The van der Waals surface area contributed by atoms with E-state index in [0.29, 0.717) is 0 Å². The van der Waals surface area contributed by atoms with Gasteiger partial charge in [-0.1, -0.05) is 6.92 Å². The van der Waals surface area contributed by atoms with Crippen LogP contribution in [-0.4, -0.2) is 35.1 Å². The van der Waals surface area contributed by atoms with Gasteiger partial charge in [-0.15, -0.1) is 11.3 Å². The Balaban J connectivity index is 1.99. The molecule has 2 heterocycles. The molecule has 1 saturated heterocycles. The Kier molecular flexibility index (Phi) is 4.17. The Morgan fingerprint density at radius 2 is 2.41 bits per heavy atom. The van der Waals surface area contributed by atoms with Crippen LogP contribution in [0, 0.1) is 6.92 Å². The molecule has 1 atom stereocenters. The minimum absolute atomic E-state index is 0.265. The molecular weight excluding hydrogens is 230 g/mol. The molecule has 0 spiro atoms. The van der Waals surface area contributed by atoms with E-state index < -0.39 is 0 Å². The van der Waals surface area contributed by atoms with Crippen molar-refractivity contribution in [1.29, 1.82) is 0 Å². The maximum absolute atomic E-state index is 4.57. The van der Waals surface area contributed by atoms with Gasteiger partial charge in [0, 0.05) is 24.0 Å². The predicted octanol–water partition coefficient (Wildman–Crippen LogP) is 2.42. The molecule has 0 aliphatic carbocycles. The van der Waals surface area contributed by atoms with E-state index in [1.165, 1.54) is 30.1 Å². The van der Waals surface area contributed by atoms with Crippen molar-refractivity contribution in [3.63, 3.8) is 0 Å². The average molecular weight is 253 g/mol. The van der Waals surface area contributed by atoms with Crippen LogP contribution in [-0.2, 0) is 6.54 Å². The molecular formula is C13H23N3S. The zero-order valence-electron chi connectivity index (χ0n) is 11.1. The maximum Gasteiger partial charge on any atom is 0.0897 e. The highest BCUT2D eigenvalue weighted by molar-refractivity contribution is 7.09. The first-order valence-electron chi connectivity index (χ1n) is 6.50. The van der Waals surface area contributed by atoms with Crippen molar-refractivity contribution < 1.29 is 0 Å². The van der Waals surface area contributed by atoms with Crippen molar-refractivity contribution >= 4 is 11.3 Å². The van der Waals surface area contributed by atoms with Crippen molar-refractivity contribution in [3.8, 4) is 0 Å². The van der Waals surface area contributed by atoms with Crippen LogP contribution in [0.5, 0.6) is 0 Å². The second-order valence-electron chi connectivity index (χ2n) is 5.26. The molecule has 1 N–H and O–H groups in total. The van der Waals surface area contributed by atoms with Crippen molar-refractivity contribution in [3.05, 3.63) is 16.1 Å². The molecule has 1 unspecified atom stereocenters. The van der Waals surface area contributed by atoms with Gasteiger partial charge in [-0.3, -0.25) is 4.90 Å². The number of thiazole rings is 1. The van der Waals surface area contributed by atoms with E-state index in [4.69, 9.17) is 0 Å². The molecule has 96 valence electrons. The molecule has 0 amide bonds. The Morgan fingerprint density at radius 3 is 3.06 bits per heavy atom. The SMILES string of the molecule is CCC1(C)CN(Cc2csc(C)n2)CCCN1. The van der Waals surface area contributed by atoms with E-state index in [1.54, 1.807) is 11.3 Å². The molecule has 1 aliphatic rings. The fourth-order valence-corrected chi connectivity index (χ4v) is 3.01. The molecule has 0 bridgehead atoms. The smallest absolute Gasteiger partial charge is 0.0897 e. The Hall–Kier alpha value is -0.450. The zero-order valence-corrected chi connectivity index (χ0v) is 11.9. The third kappa shape index (κ3) is 3.50. The van der Waals surface area contributed by atoms with Gasteiger partial charge in [-0.25, -0.2) is 4.98 Å². The van der Waals surface area contributed by atoms with Crippen LogP contribution in [0.25, 0.3) is 0 Å². The molecule has 0 aromatic carbocycles. The highest BCUT2D eigenvalue weighted by atomic mass is 32.1. The fraction of sp³-hybridized carbons (Fsp3) is 0.769. The molecule has 3 nitrogen and oxygen atoms in total. The lowest BCUT2D eigenvalue weighted by atomic mass is 9.98. The summed E-state index contributed by atoms with van der Waals surface area (Å²) in [6.07, 6.45) is 2.41. The van der Waals surface area contributed by atoms with Gasteiger partial charge in [0.05, 0.1) is 10.7 Å². The summed E-state index contributed by atoms with van der Waals surface area (Å²) in [7, 11) is 0. The van der Waals surface area contributed by atoms with Gasteiger partial charge >= 0.3 is 0 Å². The zero-order chi connectivity index (χ0) is 12.3. The van der Waals surface area contributed by atoms with Crippen molar-refractivity contribution in [2.45, 2.75) is 45.7 Å². The number of rotatable bonds is 3. The number of hydrogen-bond acceptors (Lipinski definition) is 4. The fourth-order valence-electron chi connectivity index (χ4n) is 2.40. The quantitative estimate of drug-likeness (QED) is 0.896. The molecule has 2 rings (SSSR count). The number of nitrogens with zero attached hydrogens (tertiary/aromatic N) is 2. The van der Waals surface area contributed by atoms with E-state index in [9.17, 15) is 0 Å². The van der Waals surface area contributed by atoms with Gasteiger partial charge in [0.2, 0.25) is 0 Å². The summed E-state index contributed by atoms with van der Waals surface area (Å²) < 4.78 is 0. The van der Waals surface area contributed by atoms with E-state index in [-0.39, 0.29) is 5.54 Å². The van der Waals surface area contributed by atoms with Crippen LogP contribution >= 0.6 is 11.3 Å². The minimum atomic E-state index is 0.265. The first-order chi connectivity index (χ1) is 8.11. The van der Waals surface area contributed by atoms with Crippen LogP contribution < -0.4 is 5.32 Å². The third-order valence-electron chi connectivity index (χ3n) is 3.61. The van der Waals surface area contributed by atoms with E-state index in [0.717, 1.165) is 19.6 Å². The van der Waals surface area contributed by atoms with Crippen LogP contribution in [0.4, 0.5) is 0 Å². The lowest BCUT2D eigenvalue weighted by molar-refractivity contribution is 0.207. The van der Waals surface area contributed by atoms with Gasteiger partial charge in [0.1, 0.15) is 0 Å². The van der Waals surface area contributed by atoms with Crippen molar-refractivity contribution in [2.75, 3.05) is 19.6 Å². The van der Waals surface area contributed by atoms with Crippen molar-refractivity contribution in [2.24, 2.45) is 0 Å². The lowest BCUT2D eigenvalue weighted by Crippen LogP contribution is -2.48. The lowest BCUT2D eigenvalue weighted by Gasteiger charge is -2.32. The van der Waals surface area contributed by atoms with E-state index >= 15 is 0 Å². The summed E-state index contributed by atoms with van der Waals surface area (Å²) in [4.78, 5) is 7.11. The number of aromatic nitrogens is 1. The Morgan fingerprint density at radius 1 is 1.59 bits per heavy atom. The normalized spacial score (nSPS) is 27.0. The molecule has 1 fully saturated rings. The Bertz CT molecular complexity index is 363. The van der Waals surface area contributed by atoms with Gasteiger partial charge < -0.3 is 5.32 Å². The molecule has 1 aliphatic heterocycles. The largest absolute Gasteiger partial charge is 0.310 e. The van der Waals surface area contributed by atoms with Gasteiger partial charge in [-0.05, 0) is 39.8 Å². The monoisotopic (exact) mass is 253 g/mol. The molecule has 0 radical (unpaired) electrons. The molecule has 1 aromatic rings. The number of hydrogen-bond donors (Lipinski definition) is 1. The van der Waals surface area contributed by atoms with Crippen LogP contribution in [0.2, 0.25) is 0 Å². The standard InChI is InChI=1S/C13H23N3S/c1-4-13(3)10-16(7-5-6-14-13)8-12-9-17-11(2)15-12/h9,14H,4-8,10H2,1-3H3. The van der Waals surface area contributed by atoms with Gasteiger partial charge in [0.15, 0.2) is 0 Å². The summed E-state index contributed by atoms with van der Waals surface area (Å²) >= 11 is 1.75. The maximum atomic E-state index is 4.57. The summed E-state index contributed by atoms with van der Waals surface area (Å²) in [5.74, 6) is 0. The predicted molar refractivity (Wildman–Crippen MR) is 73.4 cm³/mol. The first kappa shape index (κ1) is 13.0. The molecule has 1 aromatic heterocycles. The summed E-state index contributed by atoms with van der Waals surface area (Å²) in [5.41, 5.74) is 1.49. The average Bonchev–Trinajstić information content (AvgIpc) is 2.59. The van der Waals surface area contributed by atoms with Gasteiger partial charge in [0.25, 0.3) is 0 Å². The van der Waals surface area contributed by atoms with Crippen molar-refractivity contribution in [1.82, 2.24) is 15.2 Å². The van der Waals surface area contributed by atoms with E-state index in [2.05, 4.69) is 41.4 Å². The second kappa shape index (κ2) is 5.46. The summed E-state index contributed by atoms with van der Waals surface area (Å²) in [6.45, 7) is 11.1. The Labute approximate surface area is 108 Å². The van der Waals surface area contributed by atoms with Crippen LogP contribution in [0.1, 0.15) is 37.4 Å². The molecule has 17 heavy (non-hydrogen) atoms. The van der Waals surface area contributed by atoms with Crippen LogP contribution in [0.3, 0.4) is 0 Å². The van der Waals surface area contributed by atoms with Gasteiger partial charge in [-0.2, -0.15) is 0 Å². The van der Waals surface area contributed by atoms with Crippen LogP contribution in [0.15, 0.2) is 5.38 Å². The first-order valence-corrected chi connectivity index (χ1v) is 7.38. The number of aryl methyl sites for hydroxylation is 1. The highest BCUT2D eigenvalue weighted by Crippen LogP contribution is 2.18. The molecule has 0 saturated carbocycles. The summed E-state index contributed by atoms with van der Waals surface area (Å²) in [5, 5.41) is 7.03. The second-order valence-corrected chi connectivity index (χ2v) is 6.33. The third-order valence-corrected chi connectivity index (χ3v) is 4.43.